The number of nitrogens with two attached hydrogens (primary N) is 1. The molecule has 0 aromatic heterocycles. The molecule has 0 bridgehead atoms. The summed E-state index contributed by atoms with van der Waals surface area (Å²) < 4.78 is 9.94. The van der Waals surface area contributed by atoms with Gasteiger partial charge in [-0.1, -0.05) is 12.1 Å². The Morgan fingerprint density at radius 1 is 1.43 bits per heavy atom. The maximum atomic E-state index is 11.4. The molecule has 0 aliphatic carbocycles. The molecule has 76 valence electrons. The van der Waals surface area contributed by atoms with Gasteiger partial charge in [0.05, 0.1) is 6.61 Å². The van der Waals surface area contributed by atoms with Gasteiger partial charge < -0.3 is 9.47 Å². The Balaban J connectivity index is 2.88. The van der Waals surface area contributed by atoms with Gasteiger partial charge in [0.15, 0.2) is 0 Å². The van der Waals surface area contributed by atoms with Crippen LogP contribution in [-0.2, 0) is 4.74 Å². The first-order valence-electron chi connectivity index (χ1n) is 4.38. The van der Waals surface area contributed by atoms with Gasteiger partial charge in [0.25, 0.3) is 0 Å². The minimum Gasteiger partial charge on any atom is -0.478 e. The Bertz CT molecular complexity index is 312. The Morgan fingerprint density at radius 2 is 2.14 bits per heavy atom. The zero-order chi connectivity index (χ0) is 10.4. The summed E-state index contributed by atoms with van der Waals surface area (Å²) >= 11 is 0. The number of carbonyl (C=O) groups excluding carboxylic acids is 1. The van der Waals surface area contributed by atoms with Gasteiger partial charge in [0, 0.05) is 0 Å². The maximum absolute atomic E-state index is 11.4. The number of esters is 1. The molecular formula is C10H13NO3. The van der Waals surface area contributed by atoms with E-state index in [1.54, 1.807) is 31.2 Å². The summed E-state index contributed by atoms with van der Waals surface area (Å²) in [7, 11) is 0. The third-order valence-corrected chi connectivity index (χ3v) is 1.62. The van der Waals surface area contributed by atoms with E-state index in [9.17, 15) is 4.79 Å². The van der Waals surface area contributed by atoms with Crippen molar-refractivity contribution in [2.24, 2.45) is 5.73 Å². The lowest BCUT2D eigenvalue weighted by Crippen LogP contribution is -2.12. The molecule has 0 aliphatic heterocycles. The van der Waals surface area contributed by atoms with Gasteiger partial charge in [-0.05, 0) is 19.1 Å². The smallest absolute Gasteiger partial charge is 0.341 e. The number of carbonyl (C=O) groups is 1. The van der Waals surface area contributed by atoms with Gasteiger partial charge in [0.2, 0.25) is 0 Å². The summed E-state index contributed by atoms with van der Waals surface area (Å²) in [6, 6.07) is 6.84. The Morgan fingerprint density at radius 3 is 2.79 bits per heavy atom. The van der Waals surface area contributed by atoms with E-state index in [1.165, 1.54) is 0 Å². The molecule has 4 heteroatoms. The second-order valence-corrected chi connectivity index (χ2v) is 2.53. The zero-order valence-corrected chi connectivity index (χ0v) is 8.03. The van der Waals surface area contributed by atoms with E-state index in [0.717, 1.165) is 0 Å². The van der Waals surface area contributed by atoms with Crippen LogP contribution in [0.4, 0.5) is 0 Å². The van der Waals surface area contributed by atoms with E-state index in [1.807, 2.05) is 0 Å². The van der Waals surface area contributed by atoms with Crippen molar-refractivity contribution < 1.29 is 14.3 Å². The summed E-state index contributed by atoms with van der Waals surface area (Å²) in [5, 5.41) is 0. The van der Waals surface area contributed by atoms with Crippen molar-refractivity contribution in [1.82, 2.24) is 0 Å². The van der Waals surface area contributed by atoms with Crippen LogP contribution >= 0.6 is 0 Å². The Hall–Kier alpha value is -1.55. The SMILES string of the molecule is CCOC(=O)c1ccccc1OCN. The molecule has 0 fully saturated rings. The second-order valence-electron chi connectivity index (χ2n) is 2.53. The van der Waals surface area contributed by atoms with Crippen LogP contribution in [0.3, 0.4) is 0 Å². The molecule has 0 amide bonds. The molecule has 1 aromatic carbocycles. The molecule has 14 heavy (non-hydrogen) atoms. The summed E-state index contributed by atoms with van der Waals surface area (Å²) in [6.45, 7) is 2.14. The van der Waals surface area contributed by atoms with Crippen molar-refractivity contribution in [3.05, 3.63) is 29.8 Å². The van der Waals surface area contributed by atoms with Gasteiger partial charge >= 0.3 is 5.97 Å². The number of hydrogen-bond acceptors (Lipinski definition) is 4. The lowest BCUT2D eigenvalue weighted by Gasteiger charge is -2.08. The van der Waals surface area contributed by atoms with Crippen LogP contribution in [0.1, 0.15) is 17.3 Å². The molecule has 0 unspecified atom stereocenters. The standard InChI is InChI=1S/C10H13NO3/c1-2-13-10(12)8-5-3-4-6-9(8)14-7-11/h3-6H,2,7,11H2,1H3. The van der Waals surface area contributed by atoms with Crippen LogP contribution in [0, 0.1) is 0 Å². The second kappa shape index (κ2) is 5.24. The predicted molar refractivity (Wildman–Crippen MR) is 52.1 cm³/mol. The fourth-order valence-corrected chi connectivity index (χ4v) is 1.06. The fraction of sp³-hybridized carbons (Fsp3) is 0.300. The summed E-state index contributed by atoms with van der Waals surface area (Å²) in [5.74, 6) is 0.0602. The molecule has 4 nitrogen and oxygen atoms in total. The number of para-hydroxylation sites is 1. The van der Waals surface area contributed by atoms with E-state index in [2.05, 4.69) is 0 Å². The number of rotatable bonds is 4. The lowest BCUT2D eigenvalue weighted by molar-refractivity contribution is 0.0522. The molecule has 1 aromatic rings. The minimum atomic E-state index is -0.392. The third-order valence-electron chi connectivity index (χ3n) is 1.62. The fourth-order valence-electron chi connectivity index (χ4n) is 1.06. The molecule has 0 heterocycles. The maximum Gasteiger partial charge on any atom is 0.341 e. The molecule has 1 rings (SSSR count). The molecule has 2 N–H and O–H groups in total. The first-order chi connectivity index (χ1) is 6.79. The van der Waals surface area contributed by atoms with Gasteiger partial charge in [0.1, 0.15) is 18.0 Å². The molecule has 0 radical (unpaired) electrons. The monoisotopic (exact) mass is 195 g/mol. The first kappa shape index (κ1) is 10.5. The van der Waals surface area contributed by atoms with Crippen molar-refractivity contribution >= 4 is 5.97 Å². The molecule has 0 saturated heterocycles. The van der Waals surface area contributed by atoms with Gasteiger partial charge in [-0.25, -0.2) is 4.79 Å². The van der Waals surface area contributed by atoms with Crippen LogP contribution < -0.4 is 10.5 Å². The Kier molecular flexibility index (Phi) is 3.94. The summed E-state index contributed by atoms with van der Waals surface area (Å²) in [4.78, 5) is 11.4. The minimum absolute atomic E-state index is 0.0381. The molecule has 0 atom stereocenters. The highest BCUT2D eigenvalue weighted by atomic mass is 16.5. The predicted octanol–water partition coefficient (Wildman–Crippen LogP) is 1.16. The van der Waals surface area contributed by atoms with E-state index in [4.69, 9.17) is 15.2 Å². The average Bonchev–Trinajstić information content (AvgIpc) is 2.19. The van der Waals surface area contributed by atoms with Crippen molar-refractivity contribution in [3.8, 4) is 5.75 Å². The first-order valence-corrected chi connectivity index (χ1v) is 4.38. The quantitative estimate of drug-likeness (QED) is 0.578. The number of hydrogen-bond donors (Lipinski definition) is 1. The van der Waals surface area contributed by atoms with E-state index < -0.39 is 5.97 Å². The lowest BCUT2D eigenvalue weighted by atomic mass is 10.2. The van der Waals surface area contributed by atoms with Crippen LogP contribution in [0.25, 0.3) is 0 Å². The normalized spacial score (nSPS) is 9.57. The highest BCUT2D eigenvalue weighted by Crippen LogP contribution is 2.18. The Labute approximate surface area is 82.6 Å². The van der Waals surface area contributed by atoms with E-state index in [0.29, 0.717) is 17.9 Å². The van der Waals surface area contributed by atoms with Crippen LogP contribution in [0.2, 0.25) is 0 Å². The number of ether oxygens (including phenoxy) is 2. The summed E-state index contributed by atoms with van der Waals surface area (Å²) in [5.41, 5.74) is 5.63. The van der Waals surface area contributed by atoms with Crippen molar-refractivity contribution in [3.63, 3.8) is 0 Å². The van der Waals surface area contributed by atoms with Gasteiger partial charge in [-0.3, -0.25) is 5.73 Å². The van der Waals surface area contributed by atoms with Crippen LogP contribution in [0.5, 0.6) is 5.75 Å². The molecular weight excluding hydrogens is 182 g/mol. The van der Waals surface area contributed by atoms with E-state index >= 15 is 0 Å². The largest absolute Gasteiger partial charge is 0.478 e. The molecule has 0 spiro atoms. The van der Waals surface area contributed by atoms with Crippen LogP contribution in [-0.4, -0.2) is 19.3 Å². The number of benzene rings is 1. The topological polar surface area (TPSA) is 61.5 Å². The molecule has 0 aliphatic rings. The highest BCUT2D eigenvalue weighted by Gasteiger charge is 2.11. The highest BCUT2D eigenvalue weighted by molar-refractivity contribution is 5.92. The third kappa shape index (κ3) is 2.47. The summed E-state index contributed by atoms with van der Waals surface area (Å²) in [6.07, 6.45) is 0. The van der Waals surface area contributed by atoms with Crippen molar-refractivity contribution in [2.75, 3.05) is 13.3 Å². The van der Waals surface area contributed by atoms with E-state index in [-0.39, 0.29) is 6.73 Å². The average molecular weight is 195 g/mol. The van der Waals surface area contributed by atoms with Gasteiger partial charge in [-0.2, -0.15) is 0 Å². The van der Waals surface area contributed by atoms with Crippen molar-refractivity contribution in [1.29, 1.82) is 0 Å². The van der Waals surface area contributed by atoms with Crippen molar-refractivity contribution in [2.45, 2.75) is 6.92 Å². The van der Waals surface area contributed by atoms with Gasteiger partial charge in [-0.15, -0.1) is 0 Å². The zero-order valence-electron chi connectivity index (χ0n) is 8.03. The van der Waals surface area contributed by atoms with Crippen LogP contribution in [0.15, 0.2) is 24.3 Å². The molecule has 0 saturated carbocycles.